The van der Waals surface area contributed by atoms with Gasteiger partial charge in [0.2, 0.25) is 10.0 Å². The molecule has 0 aliphatic carbocycles. The highest BCUT2D eigenvalue weighted by molar-refractivity contribution is 7.89. The van der Waals surface area contributed by atoms with E-state index in [1.807, 2.05) is 0 Å². The van der Waals surface area contributed by atoms with Crippen LogP contribution < -0.4 is 5.32 Å². The first-order valence-electron chi connectivity index (χ1n) is 11.9. The van der Waals surface area contributed by atoms with Crippen LogP contribution >= 0.6 is 0 Å². The summed E-state index contributed by atoms with van der Waals surface area (Å²) in [6.07, 6.45) is -1.59. The smallest absolute Gasteiger partial charge is 0.405 e. The average molecular weight is 521 g/mol. The zero-order valence-electron chi connectivity index (χ0n) is 22.0. The van der Waals surface area contributed by atoms with Gasteiger partial charge in [0.25, 0.3) is 5.69 Å². The third-order valence-corrected chi connectivity index (χ3v) is 7.53. The molecule has 2 unspecified atom stereocenters. The van der Waals surface area contributed by atoms with Crippen molar-refractivity contribution in [2.45, 2.75) is 51.5 Å². The Morgan fingerprint density at radius 2 is 1.67 bits per heavy atom. The summed E-state index contributed by atoms with van der Waals surface area (Å²) in [6, 6.07) is 12.8. The number of carbonyl (C=O) groups excluding carboxylic acids is 1. The molecule has 0 heterocycles. The Morgan fingerprint density at radius 1 is 1.11 bits per heavy atom. The summed E-state index contributed by atoms with van der Waals surface area (Å²) < 4.78 is 36.8. The molecular weight excluding hydrogens is 486 g/mol. The van der Waals surface area contributed by atoms with Gasteiger partial charge in [-0.25, -0.2) is 13.2 Å². The van der Waals surface area contributed by atoms with Crippen molar-refractivity contribution >= 4 is 27.6 Å². The highest BCUT2D eigenvalue weighted by Gasteiger charge is 2.50. The molecule has 196 valence electrons. The summed E-state index contributed by atoms with van der Waals surface area (Å²) in [5.41, 5.74) is -2.60. The molecular formula is C25H33N3O7S. The molecule has 2 N–H and O–H groups in total. The number of nitrogens with one attached hydrogen (secondary N) is 1. The molecule has 1 amide bonds. The number of amides is 1. The molecule has 0 aliphatic rings. The van der Waals surface area contributed by atoms with E-state index in [2.05, 4.69) is 5.32 Å². The van der Waals surface area contributed by atoms with E-state index in [9.17, 15) is 33.2 Å². The maximum absolute atomic E-state index is 14.1. The van der Waals surface area contributed by atoms with E-state index in [1.54, 1.807) is 65.0 Å². The van der Waals surface area contributed by atoms with Gasteiger partial charge in [-0.2, -0.15) is 4.31 Å². The zero-order chi connectivity index (χ0) is 28.2. The monoisotopic (exact) mass is 520 g/mol. The van der Waals surface area contributed by atoms with Crippen molar-refractivity contribution in [1.82, 2.24) is 9.62 Å². The lowest BCUT2D eigenvalue weighted by Crippen LogP contribution is -2.65. The van der Waals surface area contributed by atoms with E-state index in [0.717, 1.165) is 28.6 Å². The molecule has 0 saturated heterocycles. The summed E-state index contributed by atoms with van der Waals surface area (Å²) in [5, 5.41) is 23.0. The molecule has 0 saturated carbocycles. The van der Waals surface area contributed by atoms with Crippen LogP contribution in [-0.2, 0) is 21.2 Å². The summed E-state index contributed by atoms with van der Waals surface area (Å²) in [5.74, 6) is -1.23. The second-order valence-electron chi connectivity index (χ2n) is 9.96. The molecule has 10 nitrogen and oxygen atoms in total. The van der Waals surface area contributed by atoms with Crippen molar-refractivity contribution in [2.75, 3.05) is 13.1 Å². The topological polar surface area (TPSA) is 147 Å². The normalized spacial score (nSPS) is 15.1. The number of hydrogen-bond acceptors (Lipinski definition) is 6. The third-order valence-electron chi connectivity index (χ3n) is 5.79. The van der Waals surface area contributed by atoms with Crippen LogP contribution in [0.4, 0.5) is 10.5 Å². The molecule has 0 aromatic heterocycles. The molecule has 2 aromatic rings. The largest absolute Gasteiger partial charge is 0.465 e. The molecule has 0 radical (unpaired) electrons. The number of carboxylic acid groups (broad SMARTS) is 1. The van der Waals surface area contributed by atoms with Gasteiger partial charge < -0.3 is 10.4 Å². The number of nitro benzene ring substituents is 1. The molecule has 0 aliphatic heterocycles. The lowest BCUT2D eigenvalue weighted by Gasteiger charge is -2.44. The van der Waals surface area contributed by atoms with Gasteiger partial charge in [-0.05, 0) is 29.0 Å². The van der Waals surface area contributed by atoms with Crippen molar-refractivity contribution in [1.29, 1.82) is 0 Å². The van der Waals surface area contributed by atoms with E-state index in [1.165, 1.54) is 0 Å². The summed E-state index contributed by atoms with van der Waals surface area (Å²) in [7, 11) is -4.46. The number of ketones is 1. The summed E-state index contributed by atoms with van der Waals surface area (Å²) >= 11 is 0. The van der Waals surface area contributed by atoms with Gasteiger partial charge in [0.1, 0.15) is 5.54 Å². The highest BCUT2D eigenvalue weighted by atomic mass is 32.2. The first-order valence-corrected chi connectivity index (χ1v) is 12.7. The Labute approximate surface area is 212 Å². The molecule has 36 heavy (non-hydrogen) atoms. The first-order chi connectivity index (χ1) is 17.0. The Hall–Kier alpha value is -3.31. The van der Waals surface area contributed by atoms with Crippen molar-refractivity contribution in [3.63, 3.8) is 0 Å². The molecule has 0 fully saturated rings. The molecule has 2 atom stereocenters. The fourth-order valence-corrected chi connectivity index (χ4v) is 5.28. The van der Waals surface area contributed by atoms with Gasteiger partial charge in [0.05, 0.1) is 17.7 Å². The number of nitro groups is 1. The first kappa shape index (κ1) is 27.3. The Kier molecular flexibility index (Phi) is 8.47. The van der Waals surface area contributed by atoms with E-state index in [0.29, 0.717) is 5.56 Å². The fraction of sp³-hybridized carbons (Fsp3) is 0.440. The van der Waals surface area contributed by atoms with Crippen LogP contribution in [0.25, 0.3) is 0 Å². The van der Waals surface area contributed by atoms with E-state index in [-0.39, 0.29) is 29.5 Å². The molecule has 11 heteroatoms. The van der Waals surface area contributed by atoms with Crippen molar-refractivity contribution in [2.24, 2.45) is 11.3 Å². The zero-order valence-corrected chi connectivity index (χ0v) is 21.8. The second kappa shape index (κ2) is 11.2. The molecule has 2 rings (SSSR count). The SMILES string of the molecule is [2H]C(C(=O)C(Cc1ccccc1)(NC(=O)O)C(C)(C)C)N(CC(C)C)S(=O)(=O)c1ccc([N+](=O)[O-])cc1. The molecule has 0 bridgehead atoms. The Balaban J connectivity index is 2.65. The van der Waals surface area contributed by atoms with Crippen molar-refractivity contribution in [3.05, 3.63) is 70.3 Å². The quantitative estimate of drug-likeness (QED) is 0.335. The maximum atomic E-state index is 14.1. The van der Waals surface area contributed by atoms with Gasteiger partial charge in [-0.15, -0.1) is 0 Å². The minimum Gasteiger partial charge on any atom is -0.465 e. The predicted molar refractivity (Wildman–Crippen MR) is 135 cm³/mol. The van der Waals surface area contributed by atoms with Crippen LogP contribution in [0.5, 0.6) is 0 Å². The van der Waals surface area contributed by atoms with Gasteiger partial charge in [-0.1, -0.05) is 65.0 Å². The van der Waals surface area contributed by atoms with Gasteiger partial charge in [-0.3, -0.25) is 14.9 Å². The van der Waals surface area contributed by atoms with Crippen molar-refractivity contribution in [3.8, 4) is 0 Å². The van der Waals surface area contributed by atoms with Crippen LogP contribution in [-0.4, -0.2) is 53.2 Å². The van der Waals surface area contributed by atoms with Gasteiger partial charge in [0.15, 0.2) is 5.78 Å². The predicted octanol–water partition coefficient (Wildman–Crippen LogP) is 4.11. The van der Waals surface area contributed by atoms with E-state index < -0.39 is 44.3 Å². The Morgan fingerprint density at radius 3 is 2.11 bits per heavy atom. The van der Waals surface area contributed by atoms with E-state index in [4.69, 9.17) is 1.37 Å². The number of rotatable bonds is 11. The Bertz CT molecular complexity index is 1230. The van der Waals surface area contributed by atoms with Crippen LogP contribution in [0.1, 0.15) is 41.6 Å². The number of sulfonamides is 1. The average Bonchev–Trinajstić information content (AvgIpc) is 2.80. The number of hydrogen-bond donors (Lipinski definition) is 2. The lowest BCUT2D eigenvalue weighted by molar-refractivity contribution is -0.384. The van der Waals surface area contributed by atoms with Crippen LogP contribution in [0.3, 0.4) is 0 Å². The summed E-state index contributed by atoms with van der Waals surface area (Å²) in [6.45, 7) is 6.16. The lowest BCUT2D eigenvalue weighted by atomic mass is 9.67. The fourth-order valence-electron chi connectivity index (χ4n) is 3.80. The number of nitrogens with zero attached hydrogens (tertiary/aromatic N) is 2. The number of Topliss-reactive ketones (excluding diaryl/α,β-unsaturated/α-hetero) is 1. The van der Waals surface area contributed by atoms with Crippen LogP contribution in [0.15, 0.2) is 59.5 Å². The second-order valence-corrected chi connectivity index (χ2v) is 11.9. The molecule has 0 spiro atoms. The number of non-ortho nitro benzene ring substituents is 1. The standard InChI is InChI=1S/C25H33N3O7S/c1-18(2)16-27(36(34,35)21-13-11-20(12-14-21)28(32)33)17-22(29)25(24(3,4)5,26-23(30)31)15-19-9-7-6-8-10-19/h6-14,18,26H,15-17H2,1-5H3,(H,30,31)/i17D. The number of carbonyl (C=O) groups is 2. The van der Waals surface area contributed by atoms with Gasteiger partial charge in [0, 0.05) is 25.1 Å². The van der Waals surface area contributed by atoms with Crippen molar-refractivity contribution < 1.29 is 29.4 Å². The summed E-state index contributed by atoms with van der Waals surface area (Å²) in [4.78, 5) is 36.0. The minimum atomic E-state index is -4.46. The molecule has 2 aromatic carbocycles. The highest BCUT2D eigenvalue weighted by Crippen LogP contribution is 2.35. The van der Waals surface area contributed by atoms with Crippen LogP contribution in [0, 0.1) is 21.4 Å². The van der Waals surface area contributed by atoms with E-state index >= 15 is 0 Å². The minimum absolute atomic E-state index is 0.106. The van der Waals surface area contributed by atoms with Gasteiger partial charge >= 0.3 is 6.09 Å². The number of benzene rings is 2. The van der Waals surface area contributed by atoms with Crippen LogP contribution in [0.2, 0.25) is 0 Å². The maximum Gasteiger partial charge on any atom is 0.405 e. The third kappa shape index (κ3) is 6.67.